The van der Waals surface area contributed by atoms with Crippen LogP contribution in [0.3, 0.4) is 0 Å². The van der Waals surface area contributed by atoms with Crippen LogP contribution in [0.1, 0.15) is 63.4 Å². The van der Waals surface area contributed by atoms with Crippen molar-refractivity contribution in [3.63, 3.8) is 0 Å². The van der Waals surface area contributed by atoms with Crippen molar-refractivity contribution in [3.05, 3.63) is 77.9 Å². The van der Waals surface area contributed by atoms with Gasteiger partial charge in [0.2, 0.25) is 0 Å². The number of rotatable bonds is 6. The van der Waals surface area contributed by atoms with Gasteiger partial charge in [-0.15, -0.1) is 0 Å². The molecule has 2 bridgehead atoms. The van der Waals surface area contributed by atoms with Gasteiger partial charge in [-0.3, -0.25) is 4.79 Å². The molecule has 42 heavy (non-hydrogen) atoms. The Labute approximate surface area is 245 Å². The Hall–Kier alpha value is -3.53. The third kappa shape index (κ3) is 4.64. The van der Waals surface area contributed by atoms with E-state index < -0.39 is 70.5 Å². The Bertz CT molecular complexity index is 1370. The second-order valence-electron chi connectivity index (χ2n) is 12.4. The van der Waals surface area contributed by atoms with E-state index in [1.54, 1.807) is 64.1 Å². The molecule has 1 saturated heterocycles. The zero-order chi connectivity index (χ0) is 30.5. The monoisotopic (exact) mass is 578 g/mol. The van der Waals surface area contributed by atoms with Crippen LogP contribution >= 0.6 is 0 Å². The van der Waals surface area contributed by atoms with Crippen LogP contribution in [-0.4, -0.2) is 69.3 Å². The molecule has 1 aliphatic heterocycles. The first kappa shape index (κ1) is 29.9. The quantitative estimate of drug-likeness (QED) is 0.298. The average molecular weight is 579 g/mol. The van der Waals surface area contributed by atoms with Crippen LogP contribution in [0.2, 0.25) is 0 Å². The summed E-state index contributed by atoms with van der Waals surface area (Å²) in [5.74, 6) is -2.91. The topological polar surface area (TPSA) is 129 Å². The number of aliphatic hydroxyl groups excluding tert-OH is 1. The number of benzene rings is 2. The maximum Gasteiger partial charge on any atom is 0.338 e. The summed E-state index contributed by atoms with van der Waals surface area (Å²) in [4.78, 5) is 39.2. The van der Waals surface area contributed by atoms with Crippen LogP contribution in [0.5, 0.6) is 0 Å². The first-order valence-corrected chi connectivity index (χ1v) is 14.2. The lowest BCUT2D eigenvalue weighted by Crippen LogP contribution is -2.81. The van der Waals surface area contributed by atoms with Gasteiger partial charge in [-0.2, -0.15) is 0 Å². The van der Waals surface area contributed by atoms with Crippen LogP contribution in [-0.2, 0) is 28.5 Å². The molecule has 8 atom stereocenters. The molecule has 2 saturated carbocycles. The summed E-state index contributed by atoms with van der Waals surface area (Å²) in [6.07, 6.45) is -1.60. The molecule has 5 rings (SSSR count). The van der Waals surface area contributed by atoms with Gasteiger partial charge in [0.15, 0.2) is 6.10 Å². The average Bonchev–Trinajstić information content (AvgIpc) is 3.13. The number of ether oxygens (including phenoxy) is 4. The summed E-state index contributed by atoms with van der Waals surface area (Å²) in [5.41, 5.74) is -5.01. The Morgan fingerprint density at radius 1 is 0.929 bits per heavy atom. The highest BCUT2D eigenvalue weighted by Gasteiger charge is 2.84. The van der Waals surface area contributed by atoms with Gasteiger partial charge in [0.25, 0.3) is 0 Å². The highest BCUT2D eigenvalue weighted by atomic mass is 16.6. The number of esters is 3. The molecule has 1 heterocycles. The van der Waals surface area contributed by atoms with Gasteiger partial charge in [-0.25, -0.2) is 9.59 Å². The number of fused-ring (bicyclic) bond motifs is 1. The summed E-state index contributed by atoms with van der Waals surface area (Å²) in [6, 6.07) is 17.5. The second-order valence-corrected chi connectivity index (χ2v) is 12.4. The van der Waals surface area contributed by atoms with Gasteiger partial charge in [0.05, 0.1) is 34.2 Å². The van der Waals surface area contributed by atoms with E-state index >= 15 is 0 Å². The van der Waals surface area contributed by atoms with E-state index in [1.165, 1.54) is 13.0 Å². The van der Waals surface area contributed by atoms with Crippen molar-refractivity contribution in [2.45, 2.75) is 88.7 Å². The predicted octanol–water partition coefficient (Wildman–Crippen LogP) is 3.86. The number of hydrogen-bond donors (Lipinski definition) is 2. The Balaban J connectivity index is 1.65. The van der Waals surface area contributed by atoms with Gasteiger partial charge in [0.1, 0.15) is 17.8 Å². The molecule has 3 fully saturated rings. The minimum absolute atomic E-state index is 0.143. The lowest BCUT2D eigenvalue weighted by atomic mass is 9.47. The van der Waals surface area contributed by atoms with E-state index in [9.17, 15) is 24.6 Å². The van der Waals surface area contributed by atoms with Crippen molar-refractivity contribution < 1.29 is 43.5 Å². The van der Waals surface area contributed by atoms with Crippen LogP contribution < -0.4 is 0 Å². The van der Waals surface area contributed by atoms with Gasteiger partial charge < -0.3 is 29.2 Å². The highest BCUT2D eigenvalue weighted by molar-refractivity contribution is 5.90. The minimum Gasteiger partial charge on any atom is -0.462 e. The molecular weight excluding hydrogens is 540 g/mol. The smallest absolute Gasteiger partial charge is 0.338 e. The summed E-state index contributed by atoms with van der Waals surface area (Å²) >= 11 is 0. The number of hydrogen-bond acceptors (Lipinski definition) is 9. The van der Waals surface area contributed by atoms with Crippen molar-refractivity contribution in [2.24, 2.45) is 11.3 Å². The van der Waals surface area contributed by atoms with Crippen molar-refractivity contribution in [1.82, 2.24) is 0 Å². The van der Waals surface area contributed by atoms with Crippen LogP contribution in [0, 0.1) is 11.3 Å². The number of aliphatic hydroxyl groups is 2. The molecule has 2 aromatic carbocycles. The normalized spacial score (nSPS) is 36.6. The molecule has 224 valence electrons. The summed E-state index contributed by atoms with van der Waals surface area (Å²) < 4.78 is 24.8. The zero-order valence-electron chi connectivity index (χ0n) is 24.5. The molecule has 9 nitrogen and oxygen atoms in total. The molecule has 2 aliphatic carbocycles. The van der Waals surface area contributed by atoms with Gasteiger partial charge in [-0.05, 0) is 64.3 Å². The number of carbonyl (C=O) groups is 3. The van der Waals surface area contributed by atoms with E-state index in [0.29, 0.717) is 0 Å². The summed E-state index contributed by atoms with van der Waals surface area (Å²) in [7, 11) is 0. The first-order valence-electron chi connectivity index (χ1n) is 14.2. The molecule has 0 aromatic heterocycles. The molecule has 9 heteroatoms. The maximum absolute atomic E-state index is 13.6. The van der Waals surface area contributed by atoms with Crippen molar-refractivity contribution in [2.75, 3.05) is 0 Å². The Kier molecular flexibility index (Phi) is 7.58. The van der Waals surface area contributed by atoms with Gasteiger partial charge >= 0.3 is 17.9 Å². The minimum atomic E-state index is -1.74. The lowest BCUT2D eigenvalue weighted by Gasteiger charge is -2.64. The van der Waals surface area contributed by atoms with Crippen molar-refractivity contribution in [3.8, 4) is 0 Å². The molecule has 0 amide bonds. The van der Waals surface area contributed by atoms with Crippen molar-refractivity contribution >= 4 is 24.0 Å². The predicted molar refractivity (Wildman–Crippen MR) is 152 cm³/mol. The Morgan fingerprint density at radius 2 is 1.55 bits per heavy atom. The fourth-order valence-electron chi connectivity index (χ4n) is 7.62. The number of carbonyl (C=O) groups excluding carboxylic acids is 3. The molecule has 3 aliphatic rings. The van der Waals surface area contributed by atoms with Gasteiger partial charge in [-0.1, -0.05) is 48.5 Å². The molecule has 1 spiro atoms. The third-order valence-corrected chi connectivity index (χ3v) is 9.40. The van der Waals surface area contributed by atoms with E-state index in [-0.39, 0.29) is 18.4 Å². The Morgan fingerprint density at radius 3 is 2.17 bits per heavy atom. The highest BCUT2D eigenvalue weighted by Crippen LogP contribution is 2.68. The molecular formula is C33H38O9. The third-order valence-electron chi connectivity index (χ3n) is 9.40. The maximum atomic E-state index is 13.6. The van der Waals surface area contributed by atoms with Crippen molar-refractivity contribution in [1.29, 1.82) is 0 Å². The standard InChI is InChI=1S/C33H38O9/c1-20(34)39-23-18-19-31(4,38)33-27(36)25(30(2,3)42-33)26(40-24(35)17-16-21-12-8-6-9-13-21)28(32(23,33)5)41-29(37)22-14-10-7-11-15-22/h6-17,23,25-28,36,38H,18-19H2,1-5H3/b17-16-/t23-,25+,26-,27+,28-,31-,32-,33-/m0/s1. The molecule has 0 unspecified atom stereocenters. The van der Waals surface area contributed by atoms with E-state index in [1.807, 2.05) is 30.3 Å². The van der Waals surface area contributed by atoms with Gasteiger partial charge in [0, 0.05) is 13.0 Å². The molecule has 0 radical (unpaired) electrons. The fourth-order valence-corrected chi connectivity index (χ4v) is 7.62. The molecule has 2 N–H and O–H groups in total. The summed E-state index contributed by atoms with van der Waals surface area (Å²) in [6.45, 7) is 7.98. The van der Waals surface area contributed by atoms with E-state index in [2.05, 4.69) is 0 Å². The molecule has 2 aromatic rings. The SMILES string of the molecule is CC(=O)O[C@H]1CC[C@](C)(O)[C@]23OC(C)(C)[C@H]([C@H](OC(=O)/C=C\c4ccccc4)[C@H](OC(=O)c4ccccc4)[C@]12C)[C@H]3O. The van der Waals surface area contributed by atoms with Crippen LogP contribution in [0.15, 0.2) is 66.7 Å². The van der Waals surface area contributed by atoms with E-state index in [0.717, 1.165) is 5.56 Å². The van der Waals surface area contributed by atoms with Crippen LogP contribution in [0.25, 0.3) is 6.08 Å². The lowest BCUT2D eigenvalue weighted by molar-refractivity contribution is -0.335. The zero-order valence-corrected chi connectivity index (χ0v) is 24.5. The summed E-state index contributed by atoms with van der Waals surface area (Å²) in [5, 5.41) is 24.0. The second kappa shape index (κ2) is 10.6. The fraction of sp³-hybridized carbons (Fsp3) is 0.485. The largest absolute Gasteiger partial charge is 0.462 e. The first-order chi connectivity index (χ1) is 19.7. The van der Waals surface area contributed by atoms with E-state index in [4.69, 9.17) is 18.9 Å². The van der Waals surface area contributed by atoms with Crippen LogP contribution in [0.4, 0.5) is 0 Å².